The Morgan fingerprint density at radius 1 is 0.609 bits per heavy atom. The third-order valence-corrected chi connectivity index (χ3v) is 6.96. The van der Waals surface area contributed by atoms with Crippen molar-refractivity contribution in [2.75, 3.05) is 29.8 Å². The summed E-state index contributed by atoms with van der Waals surface area (Å²) in [5, 5.41) is -1.45. The molecule has 0 spiro atoms. The standard InChI is InChI=1S/C5H12O12S4.2Na/c6-18(7,3-1-16-20(10,11)12)5-19(8,9)4-2-17-21(13,14)15;;/h1-5H2,(H,10,11,12)(H,13,14,15);;/q;2*+1/p-2. The van der Waals surface area contributed by atoms with Gasteiger partial charge < -0.3 is 9.11 Å². The van der Waals surface area contributed by atoms with Crippen molar-refractivity contribution < 1.29 is 110 Å². The van der Waals surface area contributed by atoms with Gasteiger partial charge >= 0.3 is 59.1 Å². The second-order valence-electron chi connectivity index (χ2n) is 3.47. The topological polar surface area (TPSA) is 201 Å². The summed E-state index contributed by atoms with van der Waals surface area (Å²) in [6, 6.07) is 0. The van der Waals surface area contributed by atoms with Gasteiger partial charge in [-0.15, -0.1) is 0 Å². The van der Waals surface area contributed by atoms with Crippen molar-refractivity contribution in [2.24, 2.45) is 0 Å². The molecule has 23 heavy (non-hydrogen) atoms. The summed E-state index contributed by atoms with van der Waals surface area (Å²) >= 11 is 0. The van der Waals surface area contributed by atoms with Crippen LogP contribution in [0.1, 0.15) is 0 Å². The van der Waals surface area contributed by atoms with Crippen molar-refractivity contribution in [3.63, 3.8) is 0 Å². The Bertz CT molecular complexity index is 682. The Kier molecular flexibility index (Phi) is 14.5. The normalized spacial score (nSPS) is 13.0. The molecule has 0 aliphatic carbocycles. The first-order chi connectivity index (χ1) is 9.12. The van der Waals surface area contributed by atoms with Crippen LogP contribution in [0.15, 0.2) is 0 Å². The van der Waals surface area contributed by atoms with Crippen LogP contribution in [0.4, 0.5) is 0 Å². The smallest absolute Gasteiger partial charge is 0.726 e. The molecule has 0 N–H and O–H groups in total. The molecule has 0 bridgehead atoms. The quantitative estimate of drug-likeness (QED) is 0.178. The summed E-state index contributed by atoms with van der Waals surface area (Å²) in [4.78, 5) is 0. The molecule has 0 aliphatic heterocycles. The average Bonchev–Trinajstić information content (AvgIpc) is 2.09. The van der Waals surface area contributed by atoms with E-state index in [0.717, 1.165) is 0 Å². The van der Waals surface area contributed by atoms with E-state index < -0.39 is 70.3 Å². The van der Waals surface area contributed by atoms with Gasteiger partial charge in [-0.05, 0) is 0 Å². The summed E-state index contributed by atoms with van der Waals surface area (Å²) in [6.45, 7) is -2.12. The SMILES string of the molecule is O=S(=O)(CCOS(=O)(=O)[O-])CS(=O)(=O)CCOS(=O)(=O)[O-].[Na+].[Na+]. The van der Waals surface area contributed by atoms with Crippen molar-refractivity contribution in [1.29, 1.82) is 0 Å². The first-order valence-corrected chi connectivity index (χ1v) is 11.0. The van der Waals surface area contributed by atoms with Crippen LogP contribution in [0.5, 0.6) is 0 Å². The molecule has 0 atom stereocenters. The van der Waals surface area contributed by atoms with E-state index in [4.69, 9.17) is 0 Å². The first kappa shape index (κ1) is 29.4. The maximum absolute atomic E-state index is 11.3. The number of sulfone groups is 2. The van der Waals surface area contributed by atoms with Crippen molar-refractivity contribution in [1.82, 2.24) is 0 Å². The van der Waals surface area contributed by atoms with Gasteiger partial charge in [-0.25, -0.2) is 33.7 Å². The van der Waals surface area contributed by atoms with Crippen LogP contribution in [0, 0.1) is 0 Å². The van der Waals surface area contributed by atoms with E-state index in [1.807, 2.05) is 0 Å². The van der Waals surface area contributed by atoms with Crippen molar-refractivity contribution in [3.05, 3.63) is 0 Å². The minimum Gasteiger partial charge on any atom is -0.726 e. The van der Waals surface area contributed by atoms with E-state index in [1.165, 1.54) is 0 Å². The first-order valence-electron chi connectivity index (χ1n) is 4.73. The Hall–Kier alpha value is 1.64. The summed E-state index contributed by atoms with van der Waals surface area (Å²) in [7, 11) is -18.9. The van der Waals surface area contributed by atoms with Crippen molar-refractivity contribution >= 4 is 40.5 Å². The maximum Gasteiger partial charge on any atom is 1.00 e. The Morgan fingerprint density at radius 2 is 0.870 bits per heavy atom. The van der Waals surface area contributed by atoms with Gasteiger partial charge in [-0.1, -0.05) is 0 Å². The molecule has 18 heteroatoms. The van der Waals surface area contributed by atoms with Crippen LogP contribution >= 0.6 is 0 Å². The van der Waals surface area contributed by atoms with E-state index in [1.54, 1.807) is 0 Å². The predicted molar refractivity (Wildman–Crippen MR) is 63.7 cm³/mol. The van der Waals surface area contributed by atoms with E-state index in [-0.39, 0.29) is 59.1 Å². The molecular weight excluding hydrogens is 426 g/mol. The second kappa shape index (κ2) is 11.4. The van der Waals surface area contributed by atoms with E-state index in [9.17, 15) is 42.8 Å². The zero-order valence-electron chi connectivity index (χ0n) is 12.1. The molecule has 0 aromatic carbocycles. The summed E-state index contributed by atoms with van der Waals surface area (Å²) < 4.78 is 113. The van der Waals surface area contributed by atoms with Crippen molar-refractivity contribution in [3.8, 4) is 0 Å². The Balaban J connectivity index is -0.00000200. The third kappa shape index (κ3) is 19.8. The van der Waals surface area contributed by atoms with E-state index in [2.05, 4.69) is 8.37 Å². The van der Waals surface area contributed by atoms with Gasteiger partial charge in [-0.3, -0.25) is 8.37 Å². The molecular formula is C5H10Na2O12S4. The molecule has 0 fully saturated rings. The van der Waals surface area contributed by atoms with E-state index >= 15 is 0 Å². The molecule has 0 unspecified atom stereocenters. The minimum absolute atomic E-state index is 0. The molecule has 0 rings (SSSR count). The fraction of sp³-hybridized carbons (Fsp3) is 1.00. The van der Waals surface area contributed by atoms with Gasteiger partial charge in [0.1, 0.15) is 0 Å². The molecule has 0 amide bonds. The zero-order chi connectivity index (χ0) is 16.9. The van der Waals surface area contributed by atoms with Crippen LogP contribution in [0.25, 0.3) is 0 Å². The van der Waals surface area contributed by atoms with Crippen LogP contribution in [-0.4, -0.2) is 72.6 Å². The molecule has 0 saturated carbocycles. The number of hydrogen-bond acceptors (Lipinski definition) is 12. The van der Waals surface area contributed by atoms with Gasteiger partial charge in [0.15, 0.2) is 24.8 Å². The second-order valence-corrected chi connectivity index (χ2v) is 10.3. The molecule has 0 saturated heterocycles. The Morgan fingerprint density at radius 3 is 1.09 bits per heavy atom. The maximum atomic E-state index is 11.3. The van der Waals surface area contributed by atoms with Crippen LogP contribution in [0.3, 0.4) is 0 Å². The van der Waals surface area contributed by atoms with Gasteiger partial charge in [0.2, 0.25) is 20.8 Å². The van der Waals surface area contributed by atoms with Gasteiger partial charge in [0.05, 0.1) is 24.7 Å². The van der Waals surface area contributed by atoms with Gasteiger partial charge in [0, 0.05) is 0 Å². The predicted octanol–water partition coefficient (Wildman–Crippen LogP) is -9.26. The van der Waals surface area contributed by atoms with Gasteiger partial charge in [-0.2, -0.15) is 0 Å². The molecule has 0 aromatic heterocycles. The third-order valence-electron chi connectivity index (χ3n) is 1.60. The largest absolute Gasteiger partial charge is 1.00 e. The Labute approximate surface area is 178 Å². The van der Waals surface area contributed by atoms with Crippen LogP contribution < -0.4 is 59.1 Å². The van der Waals surface area contributed by atoms with E-state index in [0.29, 0.717) is 0 Å². The minimum atomic E-state index is -5.11. The molecule has 128 valence electrons. The molecule has 0 aromatic rings. The number of rotatable bonds is 10. The average molecular weight is 436 g/mol. The van der Waals surface area contributed by atoms with Gasteiger partial charge in [0.25, 0.3) is 0 Å². The molecule has 0 radical (unpaired) electrons. The fourth-order valence-electron chi connectivity index (χ4n) is 0.918. The molecule has 12 nitrogen and oxygen atoms in total. The van der Waals surface area contributed by atoms with Crippen LogP contribution in [0.2, 0.25) is 0 Å². The summed E-state index contributed by atoms with van der Waals surface area (Å²) in [5.74, 6) is -2.12. The molecule has 0 heterocycles. The monoisotopic (exact) mass is 436 g/mol. The number of hydrogen-bond donors (Lipinski definition) is 0. The van der Waals surface area contributed by atoms with Crippen LogP contribution in [-0.2, 0) is 48.8 Å². The summed E-state index contributed by atoms with van der Waals surface area (Å²) in [6.07, 6.45) is 0. The van der Waals surface area contributed by atoms with Crippen molar-refractivity contribution in [2.45, 2.75) is 0 Å². The zero-order valence-corrected chi connectivity index (χ0v) is 19.3. The fourth-order valence-corrected chi connectivity index (χ4v) is 5.51. The molecule has 0 aliphatic rings. The summed E-state index contributed by atoms with van der Waals surface area (Å²) in [5.41, 5.74) is 0.